The van der Waals surface area contributed by atoms with Crippen LogP contribution in [0.5, 0.6) is 0 Å². The Labute approximate surface area is 118 Å². The van der Waals surface area contributed by atoms with Gasteiger partial charge in [0, 0.05) is 24.5 Å². The molecule has 1 saturated heterocycles. The van der Waals surface area contributed by atoms with Crippen LogP contribution in [0.2, 0.25) is 0 Å². The van der Waals surface area contributed by atoms with Gasteiger partial charge in [0.05, 0.1) is 12.7 Å². The number of amides is 2. The van der Waals surface area contributed by atoms with E-state index in [-0.39, 0.29) is 12.1 Å². The first-order valence-electron chi connectivity index (χ1n) is 6.82. The molecule has 1 N–H and O–H groups in total. The topological polar surface area (TPSA) is 41.6 Å². The van der Waals surface area contributed by atoms with Crippen LogP contribution in [0.25, 0.3) is 0 Å². The van der Waals surface area contributed by atoms with Crippen LogP contribution >= 0.6 is 11.3 Å². The van der Waals surface area contributed by atoms with Gasteiger partial charge in [-0.15, -0.1) is 11.3 Å². The highest BCUT2D eigenvalue weighted by atomic mass is 32.1. The van der Waals surface area contributed by atoms with Gasteiger partial charge >= 0.3 is 6.03 Å². The number of morpholine rings is 1. The van der Waals surface area contributed by atoms with E-state index in [1.54, 1.807) is 11.3 Å². The lowest BCUT2D eigenvalue weighted by atomic mass is 10.1. The summed E-state index contributed by atoms with van der Waals surface area (Å²) in [6.07, 6.45) is 1.17. The van der Waals surface area contributed by atoms with E-state index >= 15 is 0 Å². The van der Waals surface area contributed by atoms with E-state index in [0.717, 1.165) is 13.0 Å². The number of hydrogen-bond donors (Lipinski definition) is 1. The summed E-state index contributed by atoms with van der Waals surface area (Å²) in [6.45, 7) is 6.91. The molecule has 1 fully saturated rings. The summed E-state index contributed by atoms with van der Waals surface area (Å²) >= 11 is 1.77. The van der Waals surface area contributed by atoms with E-state index in [4.69, 9.17) is 4.74 Å². The average Bonchev–Trinajstić information content (AvgIpc) is 2.88. The minimum absolute atomic E-state index is 0.0354. The van der Waals surface area contributed by atoms with Gasteiger partial charge in [0.15, 0.2) is 0 Å². The summed E-state index contributed by atoms with van der Waals surface area (Å²) in [5.41, 5.74) is 0. The molecule has 5 heteroatoms. The Morgan fingerprint density at radius 1 is 1.68 bits per heavy atom. The number of carbonyl (C=O) groups is 1. The number of thiophene rings is 1. The molecule has 2 rings (SSSR count). The SMILES string of the molecule is C[C@@H](CNC(=O)N1CCO[C@H](C)C1)Cc1cccs1. The number of nitrogens with one attached hydrogen (secondary N) is 1. The number of carbonyl (C=O) groups excluding carboxylic acids is 1. The number of nitrogens with zero attached hydrogens (tertiary/aromatic N) is 1. The molecule has 106 valence electrons. The number of rotatable bonds is 4. The molecule has 1 aliphatic rings. The minimum Gasteiger partial charge on any atom is -0.375 e. The Morgan fingerprint density at radius 2 is 2.53 bits per heavy atom. The van der Waals surface area contributed by atoms with Crippen LogP contribution in [0.15, 0.2) is 17.5 Å². The average molecular weight is 282 g/mol. The normalized spacial score (nSPS) is 21.2. The third-order valence-corrected chi connectivity index (χ3v) is 4.16. The summed E-state index contributed by atoms with van der Waals surface area (Å²) in [6, 6.07) is 4.25. The van der Waals surface area contributed by atoms with Crippen molar-refractivity contribution in [2.75, 3.05) is 26.2 Å². The van der Waals surface area contributed by atoms with E-state index in [1.165, 1.54) is 4.88 Å². The molecule has 1 aromatic heterocycles. The van der Waals surface area contributed by atoms with Crippen LogP contribution in [0, 0.1) is 5.92 Å². The van der Waals surface area contributed by atoms with Crippen LogP contribution < -0.4 is 5.32 Å². The van der Waals surface area contributed by atoms with Crippen molar-refractivity contribution < 1.29 is 9.53 Å². The van der Waals surface area contributed by atoms with E-state index in [2.05, 4.69) is 29.8 Å². The molecule has 0 spiro atoms. The fourth-order valence-electron chi connectivity index (χ4n) is 2.22. The highest BCUT2D eigenvalue weighted by Gasteiger charge is 2.21. The lowest BCUT2D eigenvalue weighted by molar-refractivity contribution is -0.00355. The van der Waals surface area contributed by atoms with Gasteiger partial charge in [0.2, 0.25) is 0 Å². The summed E-state index contributed by atoms with van der Waals surface area (Å²) in [5, 5.41) is 5.11. The second-order valence-corrected chi connectivity index (χ2v) is 6.23. The van der Waals surface area contributed by atoms with Crippen LogP contribution in [0.3, 0.4) is 0 Å². The Morgan fingerprint density at radius 3 is 3.21 bits per heavy atom. The lowest BCUT2D eigenvalue weighted by Crippen LogP contribution is -2.49. The van der Waals surface area contributed by atoms with Gasteiger partial charge in [-0.1, -0.05) is 13.0 Å². The quantitative estimate of drug-likeness (QED) is 0.921. The van der Waals surface area contributed by atoms with Gasteiger partial charge in [-0.2, -0.15) is 0 Å². The highest BCUT2D eigenvalue weighted by molar-refractivity contribution is 7.09. The molecular formula is C14H22N2O2S. The molecular weight excluding hydrogens is 260 g/mol. The summed E-state index contributed by atoms with van der Waals surface area (Å²) in [5.74, 6) is 0.459. The van der Waals surface area contributed by atoms with Crippen molar-refractivity contribution >= 4 is 17.4 Å². The predicted molar refractivity (Wildman–Crippen MR) is 77.6 cm³/mol. The van der Waals surface area contributed by atoms with Gasteiger partial charge in [-0.25, -0.2) is 4.79 Å². The smallest absolute Gasteiger partial charge is 0.317 e. The highest BCUT2D eigenvalue weighted by Crippen LogP contribution is 2.14. The number of ether oxygens (including phenoxy) is 1. The van der Waals surface area contributed by atoms with Crippen LogP contribution in [0.1, 0.15) is 18.7 Å². The fraction of sp³-hybridized carbons (Fsp3) is 0.643. The third kappa shape index (κ3) is 4.51. The largest absolute Gasteiger partial charge is 0.375 e. The second-order valence-electron chi connectivity index (χ2n) is 5.20. The Bertz CT molecular complexity index is 394. The molecule has 1 aromatic rings. The van der Waals surface area contributed by atoms with Gasteiger partial charge < -0.3 is 15.0 Å². The molecule has 2 heterocycles. The second kappa shape index (κ2) is 6.91. The summed E-state index contributed by atoms with van der Waals surface area (Å²) < 4.78 is 5.43. The Kier molecular flexibility index (Phi) is 5.22. The standard InChI is InChI=1S/C14H22N2O2S/c1-11(8-13-4-3-7-19-13)9-15-14(17)16-5-6-18-12(2)10-16/h3-4,7,11-12H,5-6,8-10H2,1-2H3,(H,15,17)/t11-,12-/m1/s1. The van der Waals surface area contributed by atoms with Crippen LogP contribution in [-0.2, 0) is 11.2 Å². The maximum atomic E-state index is 12.0. The predicted octanol–water partition coefficient (Wildman–Crippen LogP) is 2.36. The van der Waals surface area contributed by atoms with E-state index in [1.807, 2.05) is 11.8 Å². The molecule has 0 saturated carbocycles. The van der Waals surface area contributed by atoms with Crippen molar-refractivity contribution in [1.82, 2.24) is 10.2 Å². The molecule has 19 heavy (non-hydrogen) atoms. The van der Waals surface area contributed by atoms with Crippen LogP contribution in [0.4, 0.5) is 4.79 Å². The molecule has 0 radical (unpaired) electrons. The van der Waals surface area contributed by atoms with Gasteiger partial charge in [-0.3, -0.25) is 0 Å². The van der Waals surface area contributed by atoms with E-state index < -0.39 is 0 Å². The minimum atomic E-state index is 0.0354. The zero-order valence-electron chi connectivity index (χ0n) is 11.6. The Hall–Kier alpha value is -1.07. The first-order valence-corrected chi connectivity index (χ1v) is 7.70. The van der Waals surface area contributed by atoms with Gasteiger partial charge in [0.1, 0.15) is 0 Å². The molecule has 2 amide bonds. The molecule has 4 nitrogen and oxygen atoms in total. The first-order chi connectivity index (χ1) is 9.15. The zero-order chi connectivity index (χ0) is 13.7. The maximum absolute atomic E-state index is 12.0. The van der Waals surface area contributed by atoms with Crippen molar-refractivity contribution in [3.05, 3.63) is 22.4 Å². The maximum Gasteiger partial charge on any atom is 0.317 e. The Balaban J connectivity index is 1.70. The van der Waals surface area contributed by atoms with E-state index in [9.17, 15) is 4.79 Å². The van der Waals surface area contributed by atoms with Crippen molar-refractivity contribution in [2.24, 2.45) is 5.92 Å². The van der Waals surface area contributed by atoms with Crippen molar-refractivity contribution in [2.45, 2.75) is 26.4 Å². The van der Waals surface area contributed by atoms with Crippen LogP contribution in [-0.4, -0.2) is 43.3 Å². The van der Waals surface area contributed by atoms with E-state index in [0.29, 0.717) is 25.6 Å². The molecule has 2 atom stereocenters. The van der Waals surface area contributed by atoms with Gasteiger partial charge in [-0.05, 0) is 30.7 Å². The third-order valence-electron chi connectivity index (χ3n) is 3.26. The fourth-order valence-corrected chi connectivity index (χ4v) is 3.09. The molecule has 1 aliphatic heterocycles. The first kappa shape index (κ1) is 14.3. The number of urea groups is 1. The summed E-state index contributed by atoms with van der Waals surface area (Å²) in [4.78, 5) is 15.2. The summed E-state index contributed by atoms with van der Waals surface area (Å²) in [7, 11) is 0. The molecule has 0 unspecified atom stereocenters. The monoisotopic (exact) mass is 282 g/mol. The molecule has 0 bridgehead atoms. The van der Waals surface area contributed by atoms with Crippen molar-refractivity contribution in [3.8, 4) is 0 Å². The van der Waals surface area contributed by atoms with Crippen molar-refractivity contribution in [1.29, 1.82) is 0 Å². The van der Waals surface area contributed by atoms with Crippen molar-refractivity contribution in [3.63, 3.8) is 0 Å². The zero-order valence-corrected chi connectivity index (χ0v) is 12.4. The number of hydrogen-bond acceptors (Lipinski definition) is 3. The lowest BCUT2D eigenvalue weighted by Gasteiger charge is -2.31. The van der Waals surface area contributed by atoms with Gasteiger partial charge in [0.25, 0.3) is 0 Å². The molecule has 0 aliphatic carbocycles. The molecule has 0 aromatic carbocycles.